The summed E-state index contributed by atoms with van der Waals surface area (Å²) in [6.45, 7) is 8.17. The Labute approximate surface area is 181 Å². The summed E-state index contributed by atoms with van der Waals surface area (Å²) in [6, 6.07) is 4.75. The number of hydrogen-bond donors (Lipinski definition) is 0. The molecule has 2 aliphatic heterocycles. The highest BCUT2D eigenvalue weighted by molar-refractivity contribution is 7.07. The van der Waals surface area contributed by atoms with Crippen LogP contribution in [0.15, 0.2) is 29.2 Å². The Balaban J connectivity index is 1.17. The Bertz CT molecular complexity index is 875. The number of likely N-dealkylation sites (tertiary alicyclic amines) is 1. The highest BCUT2D eigenvalue weighted by Crippen LogP contribution is 2.47. The van der Waals surface area contributed by atoms with E-state index in [9.17, 15) is 4.79 Å². The molecule has 3 fully saturated rings. The first kappa shape index (κ1) is 19.8. The smallest absolute Gasteiger partial charge is 0.409 e. The van der Waals surface area contributed by atoms with Gasteiger partial charge in [-0.1, -0.05) is 0 Å². The SMILES string of the molecule is CCOC(=O)N1CC2(CC[C@@H](N3CCN(c4ncccc4-c4cscn4)CC3)C2)C1. The zero-order chi connectivity index (χ0) is 20.6. The van der Waals surface area contributed by atoms with E-state index in [2.05, 4.69) is 31.2 Å². The minimum Gasteiger partial charge on any atom is -0.450 e. The van der Waals surface area contributed by atoms with Crippen LogP contribution in [0.3, 0.4) is 0 Å². The predicted octanol–water partition coefficient (Wildman–Crippen LogP) is 3.34. The number of ether oxygens (including phenoxy) is 1. The third-order valence-electron chi connectivity index (χ3n) is 6.88. The first-order valence-electron chi connectivity index (χ1n) is 10.9. The van der Waals surface area contributed by atoms with Gasteiger partial charge in [0.2, 0.25) is 0 Å². The number of rotatable bonds is 4. The van der Waals surface area contributed by atoms with E-state index < -0.39 is 0 Å². The van der Waals surface area contributed by atoms with E-state index >= 15 is 0 Å². The summed E-state index contributed by atoms with van der Waals surface area (Å²) in [5.74, 6) is 1.05. The van der Waals surface area contributed by atoms with E-state index in [4.69, 9.17) is 4.74 Å². The lowest BCUT2D eigenvalue weighted by Gasteiger charge is -2.48. The molecule has 8 heteroatoms. The summed E-state index contributed by atoms with van der Waals surface area (Å²) in [6.07, 6.45) is 5.40. The standard InChI is InChI=1S/C22H29N5O2S/c1-2-29-21(28)27-14-22(15-27)6-5-17(12-22)25-8-10-26(11-9-25)20-18(4-3-7-23-20)19-13-30-16-24-19/h3-4,7,13,16-17H,2,5-6,8-12,14-15H2,1H3/t17-/m1/s1. The lowest BCUT2D eigenvalue weighted by Crippen LogP contribution is -2.58. The summed E-state index contributed by atoms with van der Waals surface area (Å²) in [5, 5.41) is 2.09. The van der Waals surface area contributed by atoms with Crippen LogP contribution in [0.2, 0.25) is 0 Å². The van der Waals surface area contributed by atoms with Crippen molar-refractivity contribution < 1.29 is 9.53 Å². The quantitative estimate of drug-likeness (QED) is 0.746. The van der Waals surface area contributed by atoms with Crippen molar-refractivity contribution in [1.29, 1.82) is 0 Å². The molecule has 160 valence electrons. The normalized spacial score (nSPS) is 23.6. The Morgan fingerprint density at radius 1 is 1.27 bits per heavy atom. The monoisotopic (exact) mass is 427 g/mol. The highest BCUT2D eigenvalue weighted by atomic mass is 32.1. The van der Waals surface area contributed by atoms with Crippen molar-refractivity contribution >= 4 is 23.2 Å². The van der Waals surface area contributed by atoms with E-state index in [0.717, 1.165) is 56.3 Å². The van der Waals surface area contributed by atoms with Crippen molar-refractivity contribution in [3.8, 4) is 11.3 Å². The van der Waals surface area contributed by atoms with Crippen LogP contribution in [-0.2, 0) is 4.74 Å². The van der Waals surface area contributed by atoms with Crippen LogP contribution in [0.4, 0.5) is 10.6 Å². The van der Waals surface area contributed by atoms with Crippen LogP contribution in [-0.4, -0.2) is 77.8 Å². The van der Waals surface area contributed by atoms with Gasteiger partial charge in [-0.25, -0.2) is 14.8 Å². The fraction of sp³-hybridized carbons (Fsp3) is 0.591. The minimum atomic E-state index is -0.147. The lowest BCUT2D eigenvalue weighted by molar-refractivity contribution is -0.00294. The molecule has 1 amide bonds. The Morgan fingerprint density at radius 3 is 2.83 bits per heavy atom. The molecule has 3 aliphatic rings. The predicted molar refractivity (Wildman–Crippen MR) is 118 cm³/mol. The molecule has 0 unspecified atom stereocenters. The number of aromatic nitrogens is 2. The number of piperazine rings is 1. The third-order valence-corrected chi connectivity index (χ3v) is 7.47. The molecule has 0 radical (unpaired) electrons. The fourth-order valence-corrected chi connectivity index (χ4v) is 5.93. The van der Waals surface area contributed by atoms with Gasteiger partial charge in [0.1, 0.15) is 5.82 Å². The fourth-order valence-electron chi connectivity index (χ4n) is 5.38. The van der Waals surface area contributed by atoms with Crippen molar-refractivity contribution in [3.05, 3.63) is 29.2 Å². The number of pyridine rings is 1. The molecule has 0 aromatic carbocycles. The lowest BCUT2D eigenvalue weighted by atomic mass is 9.78. The molecule has 0 bridgehead atoms. The molecule has 2 saturated heterocycles. The molecule has 0 N–H and O–H groups in total. The number of hydrogen-bond acceptors (Lipinski definition) is 7. The maximum Gasteiger partial charge on any atom is 0.409 e. The summed E-state index contributed by atoms with van der Waals surface area (Å²) in [5.41, 5.74) is 4.34. The van der Waals surface area contributed by atoms with Crippen molar-refractivity contribution in [1.82, 2.24) is 19.8 Å². The minimum absolute atomic E-state index is 0.147. The maximum absolute atomic E-state index is 11.9. The van der Waals surface area contributed by atoms with Gasteiger partial charge in [0.15, 0.2) is 0 Å². The summed E-state index contributed by atoms with van der Waals surface area (Å²) >= 11 is 1.62. The molecular weight excluding hydrogens is 398 g/mol. The summed E-state index contributed by atoms with van der Waals surface area (Å²) in [4.78, 5) is 28.0. The Morgan fingerprint density at radius 2 is 2.10 bits per heavy atom. The second-order valence-electron chi connectivity index (χ2n) is 8.72. The Hall–Kier alpha value is -2.19. The number of amides is 1. The van der Waals surface area contributed by atoms with E-state index in [1.165, 1.54) is 19.3 Å². The number of nitrogens with zero attached hydrogens (tertiary/aromatic N) is 5. The molecular formula is C22H29N5O2S. The molecule has 1 atom stereocenters. The van der Waals surface area contributed by atoms with Gasteiger partial charge in [-0.2, -0.15) is 0 Å². The molecule has 1 spiro atoms. The number of carbonyl (C=O) groups is 1. The largest absolute Gasteiger partial charge is 0.450 e. The molecule has 30 heavy (non-hydrogen) atoms. The number of carbonyl (C=O) groups excluding carboxylic acids is 1. The van der Waals surface area contributed by atoms with Crippen molar-refractivity contribution in [2.45, 2.75) is 32.2 Å². The van der Waals surface area contributed by atoms with E-state index in [1.54, 1.807) is 11.3 Å². The van der Waals surface area contributed by atoms with Gasteiger partial charge in [0, 0.05) is 67.9 Å². The zero-order valence-electron chi connectivity index (χ0n) is 17.5. The van der Waals surface area contributed by atoms with Gasteiger partial charge < -0.3 is 14.5 Å². The first-order chi connectivity index (χ1) is 14.7. The van der Waals surface area contributed by atoms with Crippen LogP contribution >= 0.6 is 11.3 Å². The van der Waals surface area contributed by atoms with Crippen LogP contribution in [0.1, 0.15) is 26.2 Å². The van der Waals surface area contributed by atoms with Gasteiger partial charge >= 0.3 is 6.09 Å². The van der Waals surface area contributed by atoms with Crippen LogP contribution in [0.5, 0.6) is 0 Å². The van der Waals surface area contributed by atoms with Crippen molar-refractivity contribution in [3.63, 3.8) is 0 Å². The van der Waals surface area contributed by atoms with E-state index in [-0.39, 0.29) is 6.09 Å². The molecule has 4 heterocycles. The van der Waals surface area contributed by atoms with E-state index in [0.29, 0.717) is 18.1 Å². The van der Waals surface area contributed by atoms with Crippen LogP contribution < -0.4 is 4.90 Å². The number of anilines is 1. The molecule has 2 aromatic rings. The topological polar surface area (TPSA) is 61.8 Å². The van der Waals surface area contributed by atoms with Gasteiger partial charge in [-0.3, -0.25) is 4.90 Å². The van der Waals surface area contributed by atoms with Gasteiger partial charge in [0.05, 0.1) is 17.8 Å². The molecule has 7 nitrogen and oxygen atoms in total. The Kier molecular flexibility index (Phi) is 5.37. The highest BCUT2D eigenvalue weighted by Gasteiger charge is 2.51. The average Bonchev–Trinajstić information content (AvgIpc) is 3.43. The molecule has 1 saturated carbocycles. The number of thiazole rings is 1. The van der Waals surface area contributed by atoms with Gasteiger partial charge in [-0.15, -0.1) is 11.3 Å². The average molecular weight is 428 g/mol. The second kappa shape index (κ2) is 8.15. The third kappa shape index (κ3) is 3.67. The van der Waals surface area contributed by atoms with Gasteiger partial charge in [-0.05, 0) is 38.3 Å². The van der Waals surface area contributed by atoms with Crippen LogP contribution in [0, 0.1) is 5.41 Å². The first-order valence-corrected chi connectivity index (χ1v) is 11.9. The van der Waals surface area contributed by atoms with Crippen LogP contribution in [0.25, 0.3) is 11.3 Å². The van der Waals surface area contributed by atoms with Crippen molar-refractivity contribution in [2.24, 2.45) is 5.41 Å². The zero-order valence-corrected chi connectivity index (χ0v) is 18.3. The molecule has 5 rings (SSSR count). The molecule has 1 aliphatic carbocycles. The second-order valence-corrected chi connectivity index (χ2v) is 9.44. The van der Waals surface area contributed by atoms with Crippen molar-refractivity contribution in [2.75, 3.05) is 50.8 Å². The molecule has 2 aromatic heterocycles. The maximum atomic E-state index is 11.9. The summed E-state index contributed by atoms with van der Waals surface area (Å²) < 4.78 is 5.14. The van der Waals surface area contributed by atoms with E-state index in [1.807, 2.05) is 29.6 Å². The summed E-state index contributed by atoms with van der Waals surface area (Å²) in [7, 11) is 0. The van der Waals surface area contributed by atoms with Gasteiger partial charge in [0.25, 0.3) is 0 Å².